The summed E-state index contributed by atoms with van der Waals surface area (Å²) in [7, 11) is 0. The minimum absolute atomic E-state index is 0.162. The molecule has 1 atom stereocenters. The maximum Gasteiger partial charge on any atom is 0.129 e. The smallest absolute Gasteiger partial charge is 0.129 e. The number of pyridine rings is 1. The van der Waals surface area contributed by atoms with E-state index in [9.17, 15) is 0 Å². The third-order valence-electron chi connectivity index (χ3n) is 2.84. The second-order valence-corrected chi connectivity index (χ2v) is 5.69. The molecule has 0 spiro atoms. The highest BCUT2D eigenvalue weighted by Gasteiger charge is 2.12. The van der Waals surface area contributed by atoms with E-state index in [1.165, 1.54) is 0 Å². The fourth-order valence-electron chi connectivity index (χ4n) is 1.83. The first-order valence-electron chi connectivity index (χ1n) is 5.93. The standard InChI is InChI=1S/C14H13BrCl2N2/c1-2-12(9-5-6-10(16)11(17)8-9)19-13-4-3-7-18-14(13)15/h3-8,12,19H,2H2,1H3. The van der Waals surface area contributed by atoms with Crippen LogP contribution in [0.1, 0.15) is 24.9 Å². The van der Waals surface area contributed by atoms with E-state index in [4.69, 9.17) is 23.2 Å². The Labute approximate surface area is 131 Å². The molecule has 0 fully saturated rings. The van der Waals surface area contributed by atoms with Gasteiger partial charge < -0.3 is 5.32 Å². The molecule has 0 saturated heterocycles. The van der Waals surface area contributed by atoms with Gasteiger partial charge in [0.25, 0.3) is 0 Å². The van der Waals surface area contributed by atoms with Crippen LogP contribution < -0.4 is 5.32 Å². The number of nitrogens with zero attached hydrogens (tertiary/aromatic N) is 1. The molecule has 1 N–H and O–H groups in total. The van der Waals surface area contributed by atoms with Crippen LogP contribution in [0, 0.1) is 0 Å². The summed E-state index contributed by atoms with van der Waals surface area (Å²) in [6.07, 6.45) is 2.68. The van der Waals surface area contributed by atoms with Crippen LogP contribution in [0.3, 0.4) is 0 Å². The van der Waals surface area contributed by atoms with Crippen LogP contribution in [0.25, 0.3) is 0 Å². The van der Waals surface area contributed by atoms with E-state index in [0.717, 1.165) is 22.3 Å². The highest BCUT2D eigenvalue weighted by Crippen LogP contribution is 2.30. The predicted octanol–water partition coefficient (Wildman–Crippen LogP) is 5.71. The molecule has 100 valence electrons. The fourth-order valence-corrected chi connectivity index (χ4v) is 2.50. The zero-order chi connectivity index (χ0) is 13.8. The molecule has 2 rings (SSSR count). The Hall–Kier alpha value is -0.770. The van der Waals surface area contributed by atoms with Crippen molar-refractivity contribution in [2.75, 3.05) is 5.32 Å². The summed E-state index contributed by atoms with van der Waals surface area (Å²) in [5.74, 6) is 0. The molecule has 1 heterocycles. The SMILES string of the molecule is CCC(Nc1cccnc1Br)c1ccc(Cl)c(Cl)c1. The number of hydrogen-bond donors (Lipinski definition) is 1. The maximum absolute atomic E-state index is 6.07. The van der Waals surface area contributed by atoms with Gasteiger partial charge in [-0.15, -0.1) is 0 Å². The lowest BCUT2D eigenvalue weighted by Gasteiger charge is -2.19. The Bertz CT molecular complexity index is 575. The zero-order valence-electron chi connectivity index (χ0n) is 10.3. The number of aromatic nitrogens is 1. The summed E-state index contributed by atoms with van der Waals surface area (Å²) >= 11 is 15.4. The Kier molecular flexibility index (Phi) is 5.08. The second kappa shape index (κ2) is 6.60. The largest absolute Gasteiger partial charge is 0.376 e. The normalized spacial score (nSPS) is 12.2. The number of anilines is 1. The number of benzene rings is 1. The maximum atomic E-state index is 6.07. The van der Waals surface area contributed by atoms with Crippen molar-refractivity contribution in [2.24, 2.45) is 0 Å². The van der Waals surface area contributed by atoms with Crippen LogP contribution in [-0.2, 0) is 0 Å². The lowest BCUT2D eigenvalue weighted by Crippen LogP contribution is -2.10. The molecule has 0 radical (unpaired) electrons. The Morgan fingerprint density at radius 3 is 2.68 bits per heavy atom. The van der Waals surface area contributed by atoms with E-state index >= 15 is 0 Å². The van der Waals surface area contributed by atoms with Crippen LogP contribution >= 0.6 is 39.1 Å². The van der Waals surface area contributed by atoms with E-state index < -0.39 is 0 Å². The van der Waals surface area contributed by atoms with E-state index in [1.54, 1.807) is 6.20 Å². The highest BCUT2D eigenvalue weighted by molar-refractivity contribution is 9.10. The molecule has 5 heteroatoms. The van der Waals surface area contributed by atoms with Crippen LogP contribution in [0.2, 0.25) is 10.0 Å². The zero-order valence-corrected chi connectivity index (χ0v) is 13.4. The third kappa shape index (κ3) is 3.62. The van der Waals surface area contributed by atoms with Gasteiger partial charge in [0.05, 0.1) is 21.8 Å². The van der Waals surface area contributed by atoms with Gasteiger partial charge in [-0.1, -0.05) is 36.2 Å². The lowest BCUT2D eigenvalue weighted by atomic mass is 10.0. The number of hydrogen-bond acceptors (Lipinski definition) is 2. The molecule has 1 aromatic carbocycles. The monoisotopic (exact) mass is 358 g/mol. The molecular weight excluding hydrogens is 347 g/mol. The van der Waals surface area contributed by atoms with Crippen molar-refractivity contribution in [2.45, 2.75) is 19.4 Å². The van der Waals surface area contributed by atoms with Crippen molar-refractivity contribution in [1.29, 1.82) is 0 Å². The molecule has 2 aromatic rings. The molecule has 2 nitrogen and oxygen atoms in total. The first kappa shape index (κ1) is 14.6. The quantitative estimate of drug-likeness (QED) is 0.706. The Morgan fingerprint density at radius 1 is 1.26 bits per heavy atom. The van der Waals surface area contributed by atoms with Crippen molar-refractivity contribution >= 4 is 44.8 Å². The predicted molar refractivity (Wildman–Crippen MR) is 85.1 cm³/mol. The summed E-state index contributed by atoms with van der Waals surface area (Å²) in [6, 6.07) is 9.75. The van der Waals surface area contributed by atoms with E-state index in [0.29, 0.717) is 10.0 Å². The molecule has 1 unspecified atom stereocenters. The highest BCUT2D eigenvalue weighted by atomic mass is 79.9. The molecule has 0 bridgehead atoms. The van der Waals surface area contributed by atoms with Gasteiger partial charge in [-0.05, 0) is 52.2 Å². The Balaban J connectivity index is 2.25. The van der Waals surface area contributed by atoms with Crippen LogP contribution in [0.4, 0.5) is 5.69 Å². The van der Waals surface area contributed by atoms with Crippen molar-refractivity contribution in [3.63, 3.8) is 0 Å². The van der Waals surface area contributed by atoms with Gasteiger partial charge in [0.15, 0.2) is 0 Å². The van der Waals surface area contributed by atoms with Crippen molar-refractivity contribution in [3.05, 3.63) is 56.7 Å². The van der Waals surface area contributed by atoms with Crippen molar-refractivity contribution in [3.8, 4) is 0 Å². The first-order valence-corrected chi connectivity index (χ1v) is 7.48. The van der Waals surface area contributed by atoms with Gasteiger partial charge in [-0.3, -0.25) is 0 Å². The fraction of sp³-hybridized carbons (Fsp3) is 0.214. The van der Waals surface area contributed by atoms with E-state index in [1.807, 2.05) is 30.3 Å². The molecular formula is C14H13BrCl2N2. The van der Waals surface area contributed by atoms with Crippen molar-refractivity contribution in [1.82, 2.24) is 4.98 Å². The van der Waals surface area contributed by atoms with Crippen LogP contribution in [0.15, 0.2) is 41.1 Å². The van der Waals surface area contributed by atoms with Gasteiger partial charge in [0.1, 0.15) is 4.60 Å². The molecule has 0 aliphatic heterocycles. The molecule has 1 aromatic heterocycles. The van der Waals surface area contributed by atoms with Gasteiger partial charge in [-0.2, -0.15) is 0 Å². The minimum Gasteiger partial charge on any atom is -0.376 e. The lowest BCUT2D eigenvalue weighted by molar-refractivity contribution is 0.748. The number of halogens is 3. The summed E-state index contributed by atoms with van der Waals surface area (Å²) < 4.78 is 0.800. The first-order chi connectivity index (χ1) is 9.11. The number of rotatable bonds is 4. The Morgan fingerprint density at radius 2 is 2.05 bits per heavy atom. The third-order valence-corrected chi connectivity index (χ3v) is 4.21. The van der Waals surface area contributed by atoms with Crippen molar-refractivity contribution < 1.29 is 0 Å². The average Bonchev–Trinajstić information content (AvgIpc) is 2.41. The van der Waals surface area contributed by atoms with Gasteiger partial charge in [0.2, 0.25) is 0 Å². The summed E-state index contributed by atoms with van der Waals surface area (Å²) in [6.45, 7) is 2.12. The summed E-state index contributed by atoms with van der Waals surface area (Å²) in [5.41, 5.74) is 2.06. The van der Waals surface area contributed by atoms with E-state index in [-0.39, 0.29) is 6.04 Å². The van der Waals surface area contributed by atoms with E-state index in [2.05, 4.69) is 33.2 Å². The molecule has 0 saturated carbocycles. The number of nitrogens with one attached hydrogen (secondary N) is 1. The topological polar surface area (TPSA) is 24.9 Å². The van der Waals surface area contributed by atoms with Gasteiger partial charge in [-0.25, -0.2) is 4.98 Å². The average molecular weight is 360 g/mol. The minimum atomic E-state index is 0.162. The molecule has 0 aliphatic carbocycles. The summed E-state index contributed by atoms with van der Waals surface area (Å²) in [4.78, 5) is 4.20. The van der Waals surface area contributed by atoms with Gasteiger partial charge in [0, 0.05) is 6.20 Å². The second-order valence-electron chi connectivity index (χ2n) is 4.12. The molecule has 19 heavy (non-hydrogen) atoms. The van der Waals surface area contributed by atoms with Crippen LogP contribution in [-0.4, -0.2) is 4.98 Å². The van der Waals surface area contributed by atoms with Crippen LogP contribution in [0.5, 0.6) is 0 Å². The molecule has 0 aliphatic rings. The van der Waals surface area contributed by atoms with Gasteiger partial charge >= 0.3 is 0 Å². The summed E-state index contributed by atoms with van der Waals surface area (Å²) in [5, 5.41) is 4.59. The molecule has 0 amide bonds.